The zero-order valence-electron chi connectivity index (χ0n) is 20.8. The highest BCUT2D eigenvalue weighted by atomic mass is 28.4. The lowest BCUT2D eigenvalue weighted by Crippen LogP contribution is -2.42. The Morgan fingerprint density at radius 2 is 0.967 bits per heavy atom. The standard InChI is InChI=1S/C22H46O6Si2/c1-21(2,3)29(7,8)25-13-19-17(27-19)11-15(23)16(24)12-18-20(28-18)14-26-30(9,10)22(4,5)6/h15-20,23-24H,11-14H2,1-10H3/t15-,16-,17-,18+,19-,20+/m0/s1. The minimum atomic E-state index is -1.79. The van der Waals surface area contributed by atoms with E-state index in [0.29, 0.717) is 26.1 Å². The molecular formula is C22H46O6Si2. The van der Waals surface area contributed by atoms with E-state index in [1.54, 1.807) is 0 Å². The lowest BCUT2D eigenvalue weighted by molar-refractivity contribution is 0.00207. The van der Waals surface area contributed by atoms with E-state index < -0.39 is 28.8 Å². The molecule has 0 spiro atoms. The van der Waals surface area contributed by atoms with E-state index in [1.807, 2.05) is 0 Å². The Bertz CT molecular complexity index is 519. The molecule has 2 aliphatic heterocycles. The first kappa shape index (κ1) is 26.4. The third kappa shape index (κ3) is 7.10. The molecule has 6 nitrogen and oxygen atoms in total. The Balaban J connectivity index is 1.64. The average Bonchev–Trinajstić information content (AvgIpc) is 3.47. The van der Waals surface area contributed by atoms with Gasteiger partial charge in [0, 0.05) is 12.8 Å². The SMILES string of the molecule is CC(C)(C)[Si](C)(C)OC[C@@H]1O[C@H]1C[C@H](O)[C@@H](O)C[C@H]1O[C@@H]1CO[Si](C)(C)C(C)(C)C. The van der Waals surface area contributed by atoms with Gasteiger partial charge in [-0.15, -0.1) is 0 Å². The van der Waals surface area contributed by atoms with Crippen molar-refractivity contribution >= 4 is 16.6 Å². The fourth-order valence-corrected chi connectivity index (χ4v) is 4.90. The number of rotatable bonds is 11. The molecule has 2 saturated heterocycles. The summed E-state index contributed by atoms with van der Waals surface area (Å²) in [4.78, 5) is 0. The van der Waals surface area contributed by atoms with E-state index in [1.165, 1.54) is 0 Å². The van der Waals surface area contributed by atoms with E-state index in [0.717, 1.165) is 0 Å². The molecular weight excluding hydrogens is 416 g/mol. The van der Waals surface area contributed by atoms with Crippen LogP contribution >= 0.6 is 0 Å². The molecule has 0 radical (unpaired) electrons. The molecule has 8 heteroatoms. The monoisotopic (exact) mass is 462 g/mol. The summed E-state index contributed by atoms with van der Waals surface area (Å²) in [7, 11) is -3.58. The fourth-order valence-electron chi connectivity index (χ4n) is 2.87. The van der Waals surface area contributed by atoms with E-state index in [9.17, 15) is 10.2 Å². The molecule has 0 saturated carbocycles. The minimum Gasteiger partial charge on any atom is -0.414 e. The van der Waals surface area contributed by atoms with Gasteiger partial charge in [-0.2, -0.15) is 0 Å². The molecule has 0 unspecified atom stereocenters. The highest BCUT2D eigenvalue weighted by molar-refractivity contribution is 6.74. The molecule has 0 aliphatic carbocycles. The van der Waals surface area contributed by atoms with Gasteiger partial charge in [-0.25, -0.2) is 0 Å². The number of hydrogen-bond acceptors (Lipinski definition) is 6. The molecule has 2 heterocycles. The normalized spacial score (nSPS) is 29.6. The molecule has 6 atom stereocenters. The first-order valence-electron chi connectivity index (χ1n) is 11.4. The lowest BCUT2D eigenvalue weighted by Gasteiger charge is -2.36. The van der Waals surface area contributed by atoms with Gasteiger partial charge in [0.25, 0.3) is 0 Å². The van der Waals surface area contributed by atoms with Crippen molar-refractivity contribution in [2.24, 2.45) is 0 Å². The second-order valence-corrected chi connectivity index (χ2v) is 21.8. The van der Waals surface area contributed by atoms with Gasteiger partial charge >= 0.3 is 0 Å². The summed E-state index contributed by atoms with van der Waals surface area (Å²) < 4.78 is 23.7. The zero-order valence-corrected chi connectivity index (χ0v) is 22.8. The third-order valence-corrected chi connectivity index (χ3v) is 16.6. The van der Waals surface area contributed by atoms with Crippen molar-refractivity contribution in [3.05, 3.63) is 0 Å². The van der Waals surface area contributed by atoms with Gasteiger partial charge in [0.1, 0.15) is 12.2 Å². The molecule has 0 aromatic rings. The Kier molecular flexibility index (Phi) is 8.12. The van der Waals surface area contributed by atoms with Crippen LogP contribution in [0.15, 0.2) is 0 Å². The maximum absolute atomic E-state index is 10.4. The maximum atomic E-state index is 10.4. The molecule has 0 aromatic carbocycles. The summed E-state index contributed by atoms with van der Waals surface area (Å²) in [6.45, 7) is 23.4. The number of epoxide rings is 2. The second kappa shape index (κ2) is 9.21. The van der Waals surface area contributed by atoms with Crippen LogP contribution in [0.25, 0.3) is 0 Å². The topological polar surface area (TPSA) is 84.0 Å². The summed E-state index contributed by atoms with van der Waals surface area (Å²) in [5.41, 5.74) is 0. The van der Waals surface area contributed by atoms with Gasteiger partial charge in [0.15, 0.2) is 16.6 Å². The van der Waals surface area contributed by atoms with E-state index >= 15 is 0 Å². The van der Waals surface area contributed by atoms with Crippen LogP contribution in [0.5, 0.6) is 0 Å². The molecule has 2 aliphatic rings. The van der Waals surface area contributed by atoms with Crippen LogP contribution in [0.2, 0.25) is 36.3 Å². The Morgan fingerprint density at radius 1 is 0.667 bits per heavy atom. The first-order valence-corrected chi connectivity index (χ1v) is 17.2. The Hall–Kier alpha value is 0.194. The van der Waals surface area contributed by atoms with Crippen LogP contribution in [0.1, 0.15) is 54.4 Å². The molecule has 0 aromatic heterocycles. The fraction of sp³-hybridized carbons (Fsp3) is 1.00. The number of aliphatic hydroxyl groups is 2. The summed E-state index contributed by atoms with van der Waals surface area (Å²) in [6, 6.07) is 0. The van der Waals surface area contributed by atoms with Crippen LogP contribution in [-0.2, 0) is 18.3 Å². The van der Waals surface area contributed by atoms with Crippen molar-refractivity contribution in [2.45, 2.75) is 127 Å². The molecule has 2 N–H and O–H groups in total. The van der Waals surface area contributed by atoms with Gasteiger partial charge in [0.2, 0.25) is 0 Å². The van der Waals surface area contributed by atoms with Crippen molar-refractivity contribution in [1.29, 1.82) is 0 Å². The molecule has 0 amide bonds. The number of aliphatic hydroxyl groups excluding tert-OH is 2. The predicted octanol–water partition coefficient (Wildman–Crippen LogP) is 4.07. The molecule has 30 heavy (non-hydrogen) atoms. The van der Waals surface area contributed by atoms with Crippen LogP contribution in [0.4, 0.5) is 0 Å². The van der Waals surface area contributed by atoms with Gasteiger partial charge in [0.05, 0.1) is 37.6 Å². The van der Waals surface area contributed by atoms with E-state index in [-0.39, 0.29) is 34.5 Å². The summed E-state index contributed by atoms with van der Waals surface area (Å²) >= 11 is 0. The smallest absolute Gasteiger partial charge is 0.192 e. The molecule has 2 rings (SSSR count). The Labute approximate surface area is 185 Å². The predicted molar refractivity (Wildman–Crippen MR) is 125 cm³/mol. The summed E-state index contributed by atoms with van der Waals surface area (Å²) in [6.07, 6.45) is -0.741. The van der Waals surface area contributed by atoms with Gasteiger partial charge in [-0.3, -0.25) is 0 Å². The lowest BCUT2D eigenvalue weighted by atomic mass is 10.0. The largest absolute Gasteiger partial charge is 0.414 e. The average molecular weight is 463 g/mol. The maximum Gasteiger partial charge on any atom is 0.192 e. The molecule has 0 bridgehead atoms. The van der Waals surface area contributed by atoms with Crippen LogP contribution in [0, 0.1) is 0 Å². The number of hydrogen-bond donors (Lipinski definition) is 2. The van der Waals surface area contributed by atoms with E-state index in [2.05, 4.69) is 67.7 Å². The third-order valence-electron chi connectivity index (χ3n) is 7.60. The van der Waals surface area contributed by atoms with Crippen molar-refractivity contribution in [3.63, 3.8) is 0 Å². The molecule has 178 valence electrons. The van der Waals surface area contributed by atoms with Crippen molar-refractivity contribution in [1.82, 2.24) is 0 Å². The van der Waals surface area contributed by atoms with Gasteiger partial charge in [-0.05, 0) is 36.3 Å². The van der Waals surface area contributed by atoms with Gasteiger partial charge < -0.3 is 28.5 Å². The van der Waals surface area contributed by atoms with Crippen LogP contribution in [0.3, 0.4) is 0 Å². The Morgan fingerprint density at radius 3 is 1.23 bits per heavy atom. The van der Waals surface area contributed by atoms with Gasteiger partial charge in [-0.1, -0.05) is 41.5 Å². The summed E-state index contributed by atoms with van der Waals surface area (Å²) in [5.74, 6) is 0. The highest BCUT2D eigenvalue weighted by Crippen LogP contribution is 2.39. The highest BCUT2D eigenvalue weighted by Gasteiger charge is 2.47. The second-order valence-electron chi connectivity index (χ2n) is 12.2. The summed E-state index contributed by atoms with van der Waals surface area (Å²) in [5, 5.41) is 21.1. The van der Waals surface area contributed by atoms with Crippen molar-refractivity contribution in [3.8, 4) is 0 Å². The van der Waals surface area contributed by atoms with Crippen LogP contribution < -0.4 is 0 Å². The number of ether oxygens (including phenoxy) is 2. The van der Waals surface area contributed by atoms with Crippen molar-refractivity contribution < 1.29 is 28.5 Å². The zero-order chi connectivity index (χ0) is 23.1. The van der Waals surface area contributed by atoms with Crippen LogP contribution in [-0.4, -0.2) is 76.7 Å². The quantitative estimate of drug-likeness (QED) is 0.356. The minimum absolute atomic E-state index is 0.0303. The van der Waals surface area contributed by atoms with E-state index in [4.69, 9.17) is 18.3 Å². The van der Waals surface area contributed by atoms with Crippen molar-refractivity contribution in [2.75, 3.05) is 13.2 Å². The molecule has 2 fully saturated rings. The first-order chi connectivity index (χ1) is 13.4.